The van der Waals surface area contributed by atoms with E-state index in [4.69, 9.17) is 4.74 Å². The summed E-state index contributed by atoms with van der Waals surface area (Å²) in [7, 11) is 0. The molecular formula is C25H26N2O3. The van der Waals surface area contributed by atoms with Gasteiger partial charge in [-0.2, -0.15) is 0 Å². The SMILES string of the molecule is CCC(C)Oc1cccc(C(=O)Nc2cccc(C(=O)NCc3ccccc3)c2)c1. The molecule has 0 saturated carbocycles. The maximum absolute atomic E-state index is 12.6. The molecule has 0 radical (unpaired) electrons. The van der Waals surface area contributed by atoms with Gasteiger partial charge in [-0.3, -0.25) is 9.59 Å². The van der Waals surface area contributed by atoms with Crippen LogP contribution in [0.15, 0.2) is 78.9 Å². The van der Waals surface area contributed by atoms with E-state index in [1.807, 2.05) is 50.2 Å². The van der Waals surface area contributed by atoms with E-state index in [9.17, 15) is 9.59 Å². The molecule has 3 aromatic rings. The van der Waals surface area contributed by atoms with Crippen molar-refractivity contribution in [2.75, 3.05) is 5.32 Å². The van der Waals surface area contributed by atoms with Crippen LogP contribution in [0.25, 0.3) is 0 Å². The minimum Gasteiger partial charge on any atom is -0.491 e. The molecule has 5 nitrogen and oxygen atoms in total. The largest absolute Gasteiger partial charge is 0.491 e. The number of benzene rings is 3. The van der Waals surface area contributed by atoms with Crippen LogP contribution in [0.2, 0.25) is 0 Å². The van der Waals surface area contributed by atoms with Gasteiger partial charge in [-0.15, -0.1) is 0 Å². The van der Waals surface area contributed by atoms with Crippen molar-refractivity contribution in [3.05, 3.63) is 95.6 Å². The van der Waals surface area contributed by atoms with E-state index in [2.05, 4.69) is 10.6 Å². The predicted octanol–water partition coefficient (Wildman–Crippen LogP) is 5.05. The summed E-state index contributed by atoms with van der Waals surface area (Å²) >= 11 is 0. The highest BCUT2D eigenvalue weighted by molar-refractivity contribution is 6.05. The molecule has 1 unspecified atom stereocenters. The lowest BCUT2D eigenvalue weighted by Crippen LogP contribution is -2.23. The molecule has 154 valence electrons. The Morgan fingerprint density at radius 1 is 0.867 bits per heavy atom. The summed E-state index contributed by atoms with van der Waals surface area (Å²) in [6.45, 7) is 4.48. The van der Waals surface area contributed by atoms with Crippen molar-refractivity contribution in [2.24, 2.45) is 0 Å². The number of anilines is 1. The van der Waals surface area contributed by atoms with Gasteiger partial charge < -0.3 is 15.4 Å². The monoisotopic (exact) mass is 402 g/mol. The zero-order chi connectivity index (χ0) is 21.3. The van der Waals surface area contributed by atoms with E-state index in [0.717, 1.165) is 12.0 Å². The highest BCUT2D eigenvalue weighted by atomic mass is 16.5. The molecule has 5 heteroatoms. The van der Waals surface area contributed by atoms with Crippen LogP contribution in [0.5, 0.6) is 5.75 Å². The molecule has 3 rings (SSSR count). The van der Waals surface area contributed by atoms with Crippen LogP contribution < -0.4 is 15.4 Å². The Hall–Kier alpha value is -3.60. The first kappa shape index (κ1) is 21.1. The van der Waals surface area contributed by atoms with Crippen LogP contribution in [0.3, 0.4) is 0 Å². The molecule has 0 fully saturated rings. The van der Waals surface area contributed by atoms with Crippen LogP contribution in [0.1, 0.15) is 46.5 Å². The second kappa shape index (κ2) is 10.3. The highest BCUT2D eigenvalue weighted by Gasteiger charge is 2.11. The summed E-state index contributed by atoms with van der Waals surface area (Å²) in [5.41, 5.74) is 2.56. The number of amides is 2. The molecule has 0 bridgehead atoms. The third kappa shape index (κ3) is 5.95. The summed E-state index contributed by atoms with van der Waals surface area (Å²) in [6, 6.07) is 23.7. The molecule has 2 amide bonds. The first-order valence-electron chi connectivity index (χ1n) is 10.1. The number of ether oxygens (including phenoxy) is 1. The molecule has 3 aromatic carbocycles. The standard InChI is InChI=1S/C25H26N2O3/c1-3-18(2)30-23-14-8-12-21(16-23)25(29)27-22-13-7-11-20(15-22)24(28)26-17-19-9-5-4-6-10-19/h4-16,18H,3,17H2,1-2H3,(H,26,28)(H,27,29). The summed E-state index contributed by atoms with van der Waals surface area (Å²) in [5.74, 6) is 0.205. The number of rotatable bonds is 8. The molecule has 0 saturated heterocycles. The predicted molar refractivity (Wildman–Crippen MR) is 119 cm³/mol. The molecule has 0 aliphatic carbocycles. The van der Waals surface area contributed by atoms with Gasteiger partial charge in [0.05, 0.1) is 6.10 Å². The minimum atomic E-state index is -0.258. The van der Waals surface area contributed by atoms with Gasteiger partial charge in [0.2, 0.25) is 0 Å². The molecule has 0 aliphatic rings. The van der Waals surface area contributed by atoms with Gasteiger partial charge in [-0.1, -0.05) is 49.4 Å². The van der Waals surface area contributed by atoms with Crippen molar-refractivity contribution < 1.29 is 14.3 Å². The van der Waals surface area contributed by atoms with Gasteiger partial charge in [-0.25, -0.2) is 0 Å². The highest BCUT2D eigenvalue weighted by Crippen LogP contribution is 2.18. The lowest BCUT2D eigenvalue weighted by atomic mass is 10.1. The molecule has 1 atom stereocenters. The molecule has 2 N–H and O–H groups in total. The Morgan fingerprint density at radius 2 is 1.57 bits per heavy atom. The third-order valence-corrected chi connectivity index (χ3v) is 4.69. The van der Waals surface area contributed by atoms with Gasteiger partial charge in [-0.05, 0) is 55.3 Å². The molecular weight excluding hydrogens is 376 g/mol. The Kier molecular flexibility index (Phi) is 7.22. The van der Waals surface area contributed by atoms with Crippen LogP contribution >= 0.6 is 0 Å². The smallest absolute Gasteiger partial charge is 0.255 e. The summed E-state index contributed by atoms with van der Waals surface area (Å²) < 4.78 is 5.79. The van der Waals surface area contributed by atoms with Gasteiger partial charge in [0.25, 0.3) is 11.8 Å². The third-order valence-electron chi connectivity index (χ3n) is 4.69. The fraction of sp³-hybridized carbons (Fsp3) is 0.200. The Bertz CT molecular complexity index is 1000. The molecule has 30 heavy (non-hydrogen) atoms. The average Bonchev–Trinajstić information content (AvgIpc) is 2.78. The lowest BCUT2D eigenvalue weighted by Gasteiger charge is -2.13. The van der Waals surface area contributed by atoms with Gasteiger partial charge >= 0.3 is 0 Å². The van der Waals surface area contributed by atoms with E-state index in [-0.39, 0.29) is 17.9 Å². The van der Waals surface area contributed by atoms with Crippen LogP contribution in [-0.2, 0) is 6.54 Å². The second-order valence-corrected chi connectivity index (χ2v) is 7.07. The van der Waals surface area contributed by atoms with Crippen molar-refractivity contribution in [3.63, 3.8) is 0 Å². The van der Waals surface area contributed by atoms with E-state index in [0.29, 0.717) is 29.1 Å². The second-order valence-electron chi connectivity index (χ2n) is 7.07. The van der Waals surface area contributed by atoms with Crippen LogP contribution in [0.4, 0.5) is 5.69 Å². The summed E-state index contributed by atoms with van der Waals surface area (Å²) in [6.07, 6.45) is 0.963. The maximum atomic E-state index is 12.6. The number of hydrogen-bond acceptors (Lipinski definition) is 3. The van der Waals surface area contributed by atoms with Gasteiger partial charge in [0.1, 0.15) is 5.75 Å². The summed E-state index contributed by atoms with van der Waals surface area (Å²) in [5, 5.41) is 5.74. The van der Waals surface area contributed by atoms with Gasteiger partial charge in [0.15, 0.2) is 0 Å². The Morgan fingerprint density at radius 3 is 2.30 bits per heavy atom. The quantitative estimate of drug-likeness (QED) is 0.554. The Balaban J connectivity index is 1.64. The number of carbonyl (C=O) groups is 2. The Labute approximate surface area is 177 Å². The zero-order valence-corrected chi connectivity index (χ0v) is 17.2. The van der Waals surface area contributed by atoms with E-state index < -0.39 is 0 Å². The first-order valence-corrected chi connectivity index (χ1v) is 10.1. The average molecular weight is 402 g/mol. The van der Waals surface area contributed by atoms with Crippen molar-refractivity contribution >= 4 is 17.5 Å². The van der Waals surface area contributed by atoms with E-state index >= 15 is 0 Å². The molecule has 0 heterocycles. The number of nitrogens with one attached hydrogen (secondary N) is 2. The number of hydrogen-bond donors (Lipinski definition) is 2. The first-order chi connectivity index (χ1) is 14.5. The topological polar surface area (TPSA) is 67.4 Å². The fourth-order valence-corrected chi connectivity index (χ4v) is 2.85. The maximum Gasteiger partial charge on any atom is 0.255 e. The van der Waals surface area contributed by atoms with Crippen LogP contribution in [0, 0.1) is 0 Å². The zero-order valence-electron chi connectivity index (χ0n) is 17.2. The van der Waals surface area contributed by atoms with Crippen molar-refractivity contribution in [1.82, 2.24) is 5.32 Å². The number of carbonyl (C=O) groups excluding carboxylic acids is 2. The minimum absolute atomic E-state index is 0.0781. The van der Waals surface area contributed by atoms with Crippen LogP contribution in [-0.4, -0.2) is 17.9 Å². The molecule has 0 aromatic heterocycles. The molecule has 0 aliphatic heterocycles. The fourth-order valence-electron chi connectivity index (χ4n) is 2.85. The molecule has 0 spiro atoms. The normalized spacial score (nSPS) is 11.4. The van der Waals surface area contributed by atoms with Crippen molar-refractivity contribution in [1.29, 1.82) is 0 Å². The van der Waals surface area contributed by atoms with Crippen molar-refractivity contribution in [2.45, 2.75) is 32.9 Å². The van der Waals surface area contributed by atoms with E-state index in [1.165, 1.54) is 0 Å². The lowest BCUT2D eigenvalue weighted by molar-refractivity contribution is 0.0949. The van der Waals surface area contributed by atoms with Gasteiger partial charge in [0, 0.05) is 23.4 Å². The summed E-state index contributed by atoms with van der Waals surface area (Å²) in [4.78, 5) is 25.1. The van der Waals surface area contributed by atoms with E-state index in [1.54, 1.807) is 42.5 Å². The van der Waals surface area contributed by atoms with Crippen molar-refractivity contribution in [3.8, 4) is 5.75 Å².